The van der Waals surface area contributed by atoms with Gasteiger partial charge in [-0.05, 0) is 24.1 Å². The molecule has 7 nitrogen and oxygen atoms in total. The van der Waals surface area contributed by atoms with Crippen molar-refractivity contribution in [1.29, 1.82) is 0 Å². The lowest BCUT2D eigenvalue weighted by atomic mass is 10.1. The third-order valence-corrected chi connectivity index (χ3v) is 8.73. The lowest BCUT2D eigenvalue weighted by Crippen LogP contribution is -2.38. The lowest BCUT2D eigenvalue weighted by Gasteiger charge is -2.22. The number of sulfone groups is 1. The molecule has 160 valence electrons. The maximum Gasteiger partial charge on any atom is 0.231 e. The summed E-state index contributed by atoms with van der Waals surface area (Å²) in [5.41, 5.74) is 0.981. The van der Waals surface area contributed by atoms with E-state index in [1.807, 2.05) is 6.07 Å². The number of hydrogen-bond acceptors (Lipinski definition) is 6. The summed E-state index contributed by atoms with van der Waals surface area (Å²) in [6, 6.07) is 5.09. The van der Waals surface area contributed by atoms with E-state index in [0.717, 1.165) is 10.4 Å². The van der Waals surface area contributed by atoms with Crippen molar-refractivity contribution >= 4 is 61.3 Å². The number of benzene rings is 1. The Labute approximate surface area is 188 Å². The van der Waals surface area contributed by atoms with E-state index < -0.39 is 15.8 Å². The smallest absolute Gasteiger partial charge is 0.231 e. The molecule has 2 unspecified atom stereocenters. The predicted molar refractivity (Wildman–Crippen MR) is 117 cm³/mol. The van der Waals surface area contributed by atoms with Crippen LogP contribution in [-0.4, -0.2) is 54.2 Å². The highest BCUT2D eigenvalue weighted by Crippen LogP contribution is 2.29. The van der Waals surface area contributed by atoms with Crippen LogP contribution in [-0.2, 0) is 25.8 Å². The van der Waals surface area contributed by atoms with Crippen LogP contribution in [0, 0.1) is 5.92 Å². The van der Waals surface area contributed by atoms with Crippen LogP contribution in [0.15, 0.2) is 24.4 Å². The second-order valence-electron chi connectivity index (χ2n) is 7.55. The van der Waals surface area contributed by atoms with E-state index in [9.17, 15) is 18.0 Å². The van der Waals surface area contributed by atoms with E-state index >= 15 is 0 Å². The molecule has 1 aromatic carbocycles. The van der Waals surface area contributed by atoms with Gasteiger partial charge in [0.1, 0.15) is 0 Å². The van der Waals surface area contributed by atoms with E-state index in [4.69, 9.17) is 23.2 Å². The van der Waals surface area contributed by atoms with E-state index in [1.54, 1.807) is 23.2 Å². The van der Waals surface area contributed by atoms with Gasteiger partial charge in [-0.2, -0.15) is 0 Å². The molecular formula is C19H19Cl2N3O4S2. The second-order valence-corrected chi connectivity index (χ2v) is 11.7. The van der Waals surface area contributed by atoms with Gasteiger partial charge in [-0.1, -0.05) is 29.3 Å². The standard InChI is InChI=1S/C19H19Cl2N3O4S2/c20-15-2-1-11(6-16(15)21)5-14-8-22-19(29-14)23-18(26)12-7-17(25)24(9-12)13-3-4-30(27,28)10-13/h1-2,6,8,12-13H,3-5,7,9-10H2,(H,22,23,26). The molecule has 2 aliphatic heterocycles. The number of likely N-dealkylation sites (tertiary alicyclic amines) is 1. The zero-order valence-electron chi connectivity index (χ0n) is 15.8. The molecular weight excluding hydrogens is 469 g/mol. The van der Waals surface area contributed by atoms with Crippen molar-refractivity contribution < 1.29 is 18.0 Å². The topological polar surface area (TPSA) is 96.4 Å². The Morgan fingerprint density at radius 1 is 1.30 bits per heavy atom. The summed E-state index contributed by atoms with van der Waals surface area (Å²) in [6.07, 6.45) is 2.82. The first-order valence-corrected chi connectivity index (χ1v) is 12.8. The fourth-order valence-electron chi connectivity index (χ4n) is 3.79. The van der Waals surface area contributed by atoms with Gasteiger partial charge in [0.25, 0.3) is 0 Å². The third kappa shape index (κ3) is 4.80. The fraction of sp³-hybridized carbons (Fsp3) is 0.421. The van der Waals surface area contributed by atoms with Crippen LogP contribution in [0.25, 0.3) is 0 Å². The zero-order valence-corrected chi connectivity index (χ0v) is 19.0. The number of hydrogen-bond donors (Lipinski definition) is 1. The van der Waals surface area contributed by atoms with Crippen LogP contribution < -0.4 is 5.32 Å². The Morgan fingerprint density at radius 2 is 2.10 bits per heavy atom. The molecule has 0 bridgehead atoms. The van der Waals surface area contributed by atoms with Gasteiger partial charge >= 0.3 is 0 Å². The van der Waals surface area contributed by atoms with Crippen LogP contribution >= 0.6 is 34.5 Å². The minimum atomic E-state index is -3.09. The Balaban J connectivity index is 1.35. The Morgan fingerprint density at radius 3 is 2.80 bits per heavy atom. The van der Waals surface area contributed by atoms with Gasteiger partial charge in [-0.3, -0.25) is 9.59 Å². The quantitative estimate of drug-likeness (QED) is 0.698. The number of rotatable bonds is 5. The minimum absolute atomic E-state index is 0.0162. The monoisotopic (exact) mass is 487 g/mol. The number of aromatic nitrogens is 1. The summed E-state index contributed by atoms with van der Waals surface area (Å²) in [6.45, 7) is 0.242. The molecule has 1 aromatic heterocycles. The van der Waals surface area contributed by atoms with Gasteiger partial charge in [0.2, 0.25) is 11.8 Å². The Bertz CT molecular complexity index is 1100. The lowest BCUT2D eigenvalue weighted by molar-refractivity contribution is -0.129. The average molecular weight is 488 g/mol. The van der Waals surface area contributed by atoms with Gasteiger partial charge in [0, 0.05) is 36.5 Å². The van der Waals surface area contributed by atoms with Crippen LogP contribution in [0.4, 0.5) is 5.13 Å². The van der Waals surface area contributed by atoms with Crippen molar-refractivity contribution in [2.24, 2.45) is 5.92 Å². The summed E-state index contributed by atoms with van der Waals surface area (Å²) in [5, 5.41) is 4.22. The molecule has 11 heteroatoms. The minimum Gasteiger partial charge on any atom is -0.338 e. The molecule has 2 fully saturated rings. The molecule has 2 aliphatic rings. The first-order valence-electron chi connectivity index (χ1n) is 9.39. The zero-order chi connectivity index (χ0) is 21.5. The Kier molecular flexibility index (Phi) is 6.07. The molecule has 30 heavy (non-hydrogen) atoms. The molecule has 2 aromatic rings. The molecule has 0 spiro atoms. The fourth-order valence-corrected chi connectivity index (χ4v) is 6.69. The maximum atomic E-state index is 12.6. The molecule has 0 radical (unpaired) electrons. The van der Waals surface area contributed by atoms with Gasteiger partial charge in [0.15, 0.2) is 15.0 Å². The summed E-state index contributed by atoms with van der Waals surface area (Å²) >= 11 is 13.3. The average Bonchev–Trinajstić information content (AvgIpc) is 3.37. The van der Waals surface area contributed by atoms with Crippen molar-refractivity contribution in [1.82, 2.24) is 9.88 Å². The molecule has 0 aliphatic carbocycles. The Hall–Kier alpha value is -1.68. The van der Waals surface area contributed by atoms with Crippen molar-refractivity contribution in [2.75, 3.05) is 23.4 Å². The van der Waals surface area contributed by atoms with Gasteiger partial charge < -0.3 is 10.2 Å². The van der Waals surface area contributed by atoms with E-state index in [0.29, 0.717) is 28.0 Å². The normalized spacial score (nSPS) is 23.1. The number of amides is 2. The maximum absolute atomic E-state index is 12.6. The highest BCUT2D eigenvalue weighted by molar-refractivity contribution is 7.91. The molecule has 2 atom stereocenters. The molecule has 4 rings (SSSR count). The summed E-state index contributed by atoms with van der Waals surface area (Å²) in [5.74, 6) is -0.876. The molecule has 2 saturated heterocycles. The van der Waals surface area contributed by atoms with Crippen molar-refractivity contribution in [2.45, 2.75) is 25.3 Å². The molecule has 0 saturated carbocycles. The largest absolute Gasteiger partial charge is 0.338 e. The number of thiazole rings is 1. The number of carbonyl (C=O) groups excluding carboxylic acids is 2. The van der Waals surface area contributed by atoms with E-state index in [2.05, 4.69) is 10.3 Å². The number of carbonyl (C=O) groups is 2. The SMILES string of the molecule is O=C(Nc1ncc(Cc2ccc(Cl)c(Cl)c2)s1)C1CC(=O)N(C2CCS(=O)(=O)C2)C1. The van der Waals surface area contributed by atoms with Gasteiger partial charge in [-0.15, -0.1) is 11.3 Å². The second kappa shape index (κ2) is 8.45. The van der Waals surface area contributed by atoms with Crippen LogP contribution in [0.2, 0.25) is 10.0 Å². The first kappa shape index (κ1) is 21.5. The van der Waals surface area contributed by atoms with Crippen molar-refractivity contribution in [3.05, 3.63) is 44.9 Å². The van der Waals surface area contributed by atoms with Crippen LogP contribution in [0.3, 0.4) is 0 Å². The third-order valence-electron chi connectivity index (χ3n) is 5.32. The number of nitrogens with one attached hydrogen (secondary N) is 1. The highest BCUT2D eigenvalue weighted by Gasteiger charge is 2.42. The van der Waals surface area contributed by atoms with Crippen molar-refractivity contribution in [3.63, 3.8) is 0 Å². The molecule has 1 N–H and O–H groups in total. The van der Waals surface area contributed by atoms with E-state index in [-0.39, 0.29) is 42.3 Å². The number of anilines is 1. The molecule has 3 heterocycles. The van der Waals surface area contributed by atoms with Gasteiger partial charge in [0.05, 0.1) is 27.5 Å². The number of halogens is 2. The predicted octanol–water partition coefficient (Wildman–Crippen LogP) is 3.01. The summed E-state index contributed by atoms with van der Waals surface area (Å²) in [4.78, 5) is 31.7. The van der Waals surface area contributed by atoms with E-state index in [1.165, 1.54) is 11.3 Å². The summed E-state index contributed by atoms with van der Waals surface area (Å²) in [7, 11) is -3.09. The van der Waals surface area contributed by atoms with Gasteiger partial charge in [-0.25, -0.2) is 13.4 Å². The number of nitrogens with zero attached hydrogens (tertiary/aromatic N) is 2. The van der Waals surface area contributed by atoms with Crippen molar-refractivity contribution in [3.8, 4) is 0 Å². The summed E-state index contributed by atoms with van der Waals surface area (Å²) < 4.78 is 23.4. The van der Waals surface area contributed by atoms with Crippen LogP contribution in [0.5, 0.6) is 0 Å². The van der Waals surface area contributed by atoms with Crippen LogP contribution in [0.1, 0.15) is 23.3 Å². The highest BCUT2D eigenvalue weighted by atomic mass is 35.5. The molecule has 2 amide bonds. The first-order chi connectivity index (χ1) is 14.2.